The summed E-state index contributed by atoms with van der Waals surface area (Å²) < 4.78 is 10.5. The number of rotatable bonds is 8. The molecule has 0 saturated carbocycles. The molecule has 0 bridgehead atoms. The Kier molecular flexibility index (Phi) is 7.59. The second kappa shape index (κ2) is 9.18. The predicted molar refractivity (Wildman–Crippen MR) is 89.4 cm³/mol. The first-order valence-corrected chi connectivity index (χ1v) is 7.97. The van der Waals surface area contributed by atoms with E-state index < -0.39 is 5.97 Å². The molecule has 1 rings (SSSR count). The maximum absolute atomic E-state index is 12.1. The van der Waals surface area contributed by atoms with E-state index in [9.17, 15) is 9.59 Å². The SMILES string of the molecule is Cc1ccc(OCCC(=O)OCC(=O)N(C(C)C)C(C)C)cc1. The molecular weight excluding hydrogens is 294 g/mol. The standard InChI is InChI=1S/C18H27NO4/c1-13(2)19(14(3)4)17(20)12-23-18(21)10-11-22-16-8-6-15(5)7-9-16/h6-9,13-14H,10-12H2,1-5H3. The smallest absolute Gasteiger partial charge is 0.309 e. The highest BCUT2D eigenvalue weighted by molar-refractivity contribution is 5.81. The molecule has 0 aliphatic rings. The minimum Gasteiger partial charge on any atom is -0.493 e. The van der Waals surface area contributed by atoms with Crippen molar-refractivity contribution >= 4 is 11.9 Å². The third kappa shape index (κ3) is 6.72. The van der Waals surface area contributed by atoms with Crippen molar-refractivity contribution in [3.63, 3.8) is 0 Å². The van der Waals surface area contributed by atoms with Gasteiger partial charge in [-0.1, -0.05) is 17.7 Å². The van der Waals surface area contributed by atoms with Crippen LogP contribution in [-0.4, -0.2) is 42.1 Å². The first-order chi connectivity index (χ1) is 10.8. The molecule has 0 aliphatic carbocycles. The van der Waals surface area contributed by atoms with E-state index in [1.807, 2.05) is 58.9 Å². The lowest BCUT2D eigenvalue weighted by Gasteiger charge is -2.30. The maximum Gasteiger partial charge on any atom is 0.309 e. The number of esters is 1. The largest absolute Gasteiger partial charge is 0.493 e. The second-order valence-corrected chi connectivity index (χ2v) is 6.06. The van der Waals surface area contributed by atoms with Crippen molar-refractivity contribution in [2.45, 2.75) is 53.1 Å². The predicted octanol–water partition coefficient (Wildman–Crippen LogP) is 2.95. The molecule has 23 heavy (non-hydrogen) atoms. The Bertz CT molecular complexity index is 500. The fraction of sp³-hybridized carbons (Fsp3) is 0.556. The van der Waals surface area contributed by atoms with E-state index in [0.29, 0.717) is 5.75 Å². The Balaban J connectivity index is 2.31. The molecule has 0 N–H and O–H groups in total. The van der Waals surface area contributed by atoms with Gasteiger partial charge in [0.2, 0.25) is 0 Å². The Labute approximate surface area is 138 Å². The molecule has 0 atom stereocenters. The van der Waals surface area contributed by atoms with Crippen LogP contribution in [0.2, 0.25) is 0 Å². The summed E-state index contributed by atoms with van der Waals surface area (Å²) in [6.45, 7) is 9.76. The van der Waals surface area contributed by atoms with Gasteiger partial charge in [-0.15, -0.1) is 0 Å². The van der Waals surface area contributed by atoms with Crippen LogP contribution in [0.1, 0.15) is 39.7 Å². The van der Waals surface area contributed by atoms with E-state index in [1.54, 1.807) is 4.90 Å². The van der Waals surface area contributed by atoms with Gasteiger partial charge in [-0.3, -0.25) is 9.59 Å². The molecule has 0 aromatic heterocycles. The van der Waals surface area contributed by atoms with E-state index in [4.69, 9.17) is 9.47 Å². The van der Waals surface area contributed by atoms with E-state index in [1.165, 1.54) is 0 Å². The van der Waals surface area contributed by atoms with Crippen LogP contribution in [-0.2, 0) is 14.3 Å². The number of nitrogens with zero attached hydrogens (tertiary/aromatic N) is 1. The van der Waals surface area contributed by atoms with Crippen LogP contribution >= 0.6 is 0 Å². The average molecular weight is 321 g/mol. The van der Waals surface area contributed by atoms with Crippen LogP contribution in [0.4, 0.5) is 0 Å². The Morgan fingerprint density at radius 1 is 1.04 bits per heavy atom. The Hall–Kier alpha value is -2.04. The third-order valence-corrected chi connectivity index (χ3v) is 3.35. The van der Waals surface area contributed by atoms with Crippen LogP contribution in [0.25, 0.3) is 0 Å². The number of carbonyl (C=O) groups excluding carboxylic acids is 2. The first-order valence-electron chi connectivity index (χ1n) is 7.97. The number of carbonyl (C=O) groups is 2. The molecule has 0 aliphatic heterocycles. The van der Waals surface area contributed by atoms with Crippen LogP contribution in [0.15, 0.2) is 24.3 Å². The van der Waals surface area contributed by atoms with Gasteiger partial charge in [0.25, 0.3) is 5.91 Å². The van der Waals surface area contributed by atoms with E-state index >= 15 is 0 Å². The number of amides is 1. The molecular formula is C18H27NO4. The molecule has 5 nitrogen and oxygen atoms in total. The quantitative estimate of drug-likeness (QED) is 0.691. The van der Waals surface area contributed by atoms with Gasteiger partial charge in [-0.25, -0.2) is 0 Å². The summed E-state index contributed by atoms with van der Waals surface area (Å²) in [6.07, 6.45) is 0.116. The summed E-state index contributed by atoms with van der Waals surface area (Å²) in [6, 6.07) is 7.75. The van der Waals surface area contributed by atoms with Gasteiger partial charge in [-0.2, -0.15) is 0 Å². The molecule has 0 spiro atoms. The van der Waals surface area contributed by atoms with E-state index in [2.05, 4.69) is 0 Å². The van der Waals surface area contributed by atoms with Crippen molar-refractivity contribution in [1.29, 1.82) is 0 Å². The third-order valence-electron chi connectivity index (χ3n) is 3.35. The average Bonchev–Trinajstić information content (AvgIpc) is 2.46. The fourth-order valence-corrected chi connectivity index (χ4v) is 2.35. The summed E-state index contributed by atoms with van der Waals surface area (Å²) in [5, 5.41) is 0. The molecule has 0 radical (unpaired) electrons. The Morgan fingerprint density at radius 2 is 1.61 bits per heavy atom. The summed E-state index contributed by atoms with van der Waals surface area (Å²) in [7, 11) is 0. The molecule has 1 aromatic carbocycles. The van der Waals surface area contributed by atoms with Crippen molar-refractivity contribution in [3.05, 3.63) is 29.8 Å². The van der Waals surface area contributed by atoms with Crippen molar-refractivity contribution in [2.24, 2.45) is 0 Å². The molecule has 5 heteroatoms. The molecule has 0 heterocycles. The van der Waals surface area contributed by atoms with Gasteiger partial charge < -0.3 is 14.4 Å². The topological polar surface area (TPSA) is 55.8 Å². The van der Waals surface area contributed by atoms with E-state index in [0.717, 1.165) is 5.56 Å². The molecule has 0 fully saturated rings. The van der Waals surface area contributed by atoms with Crippen molar-refractivity contribution in [1.82, 2.24) is 4.90 Å². The number of hydrogen-bond acceptors (Lipinski definition) is 4. The highest BCUT2D eigenvalue weighted by atomic mass is 16.5. The van der Waals surface area contributed by atoms with Crippen molar-refractivity contribution in [3.8, 4) is 5.75 Å². The van der Waals surface area contributed by atoms with Crippen LogP contribution in [0.3, 0.4) is 0 Å². The zero-order valence-electron chi connectivity index (χ0n) is 14.7. The molecule has 1 aromatic rings. The summed E-state index contributed by atoms with van der Waals surface area (Å²) in [5.74, 6) is 0.103. The minimum atomic E-state index is -0.432. The van der Waals surface area contributed by atoms with Crippen LogP contribution in [0, 0.1) is 6.92 Å². The van der Waals surface area contributed by atoms with Gasteiger partial charge in [0.15, 0.2) is 6.61 Å². The normalized spacial score (nSPS) is 10.7. The number of benzene rings is 1. The number of aryl methyl sites for hydroxylation is 1. The zero-order chi connectivity index (χ0) is 17.4. The lowest BCUT2D eigenvalue weighted by atomic mass is 10.2. The Morgan fingerprint density at radius 3 is 2.13 bits per heavy atom. The van der Waals surface area contributed by atoms with Gasteiger partial charge in [0.1, 0.15) is 5.75 Å². The molecule has 0 unspecified atom stereocenters. The van der Waals surface area contributed by atoms with Gasteiger partial charge in [0, 0.05) is 12.1 Å². The molecule has 1 amide bonds. The summed E-state index contributed by atoms with van der Waals surface area (Å²) >= 11 is 0. The van der Waals surface area contributed by atoms with Crippen LogP contribution in [0.5, 0.6) is 5.75 Å². The monoisotopic (exact) mass is 321 g/mol. The zero-order valence-corrected chi connectivity index (χ0v) is 14.7. The van der Waals surface area contributed by atoms with Gasteiger partial charge >= 0.3 is 5.97 Å². The lowest BCUT2D eigenvalue weighted by Crippen LogP contribution is -2.44. The van der Waals surface area contributed by atoms with Crippen molar-refractivity contribution < 1.29 is 19.1 Å². The van der Waals surface area contributed by atoms with Crippen LogP contribution < -0.4 is 4.74 Å². The van der Waals surface area contributed by atoms with Gasteiger partial charge in [-0.05, 0) is 46.8 Å². The fourth-order valence-electron chi connectivity index (χ4n) is 2.35. The highest BCUT2D eigenvalue weighted by Gasteiger charge is 2.21. The summed E-state index contributed by atoms with van der Waals surface area (Å²) in [4.78, 5) is 25.5. The summed E-state index contributed by atoms with van der Waals surface area (Å²) in [5.41, 5.74) is 1.15. The molecule has 128 valence electrons. The molecule has 0 saturated heterocycles. The van der Waals surface area contributed by atoms with Gasteiger partial charge in [0.05, 0.1) is 13.0 Å². The number of hydrogen-bond donors (Lipinski definition) is 0. The number of ether oxygens (including phenoxy) is 2. The lowest BCUT2D eigenvalue weighted by molar-refractivity contribution is -0.154. The minimum absolute atomic E-state index is 0.0751. The highest BCUT2D eigenvalue weighted by Crippen LogP contribution is 2.11. The second-order valence-electron chi connectivity index (χ2n) is 6.06. The first kappa shape index (κ1) is 19.0. The van der Waals surface area contributed by atoms with E-state index in [-0.39, 0.29) is 37.6 Å². The maximum atomic E-state index is 12.1. The van der Waals surface area contributed by atoms with Crippen molar-refractivity contribution in [2.75, 3.05) is 13.2 Å².